The van der Waals surface area contributed by atoms with Crippen LogP contribution < -0.4 is 0 Å². The van der Waals surface area contributed by atoms with Crippen molar-refractivity contribution in [3.05, 3.63) is 34.9 Å². The first-order valence-electron chi connectivity index (χ1n) is 3.78. The fourth-order valence-corrected chi connectivity index (χ4v) is 1.13. The lowest BCUT2D eigenvalue weighted by molar-refractivity contribution is -0.157. The van der Waals surface area contributed by atoms with Crippen molar-refractivity contribution >= 4 is 23.4 Å². The molecule has 0 amide bonds. The molecule has 0 aliphatic heterocycles. The summed E-state index contributed by atoms with van der Waals surface area (Å²) in [6.45, 7) is 0. The molecular weight excluding hydrogens is 230 g/mol. The largest absolute Gasteiger partial charge is 0.476 e. The molecule has 1 N–H and O–H groups in total. The molecule has 0 aliphatic carbocycles. The molecule has 0 saturated heterocycles. The van der Waals surface area contributed by atoms with Gasteiger partial charge in [0.1, 0.15) is 0 Å². The van der Waals surface area contributed by atoms with Crippen molar-refractivity contribution in [3.8, 4) is 0 Å². The molecule has 0 fully saturated rings. The molecule has 0 atom stereocenters. The molecular formula is C9H5ClF2O3. The number of carboxylic acid groups (broad SMARTS) is 1. The monoisotopic (exact) mass is 234 g/mol. The molecule has 80 valence electrons. The van der Waals surface area contributed by atoms with E-state index in [1.807, 2.05) is 0 Å². The first kappa shape index (κ1) is 11.6. The van der Waals surface area contributed by atoms with Gasteiger partial charge in [-0.15, -0.1) is 0 Å². The van der Waals surface area contributed by atoms with Gasteiger partial charge in [0, 0.05) is 5.56 Å². The van der Waals surface area contributed by atoms with E-state index in [1.165, 1.54) is 18.2 Å². The highest BCUT2D eigenvalue weighted by Gasteiger charge is 2.48. The Morgan fingerprint density at radius 2 is 1.80 bits per heavy atom. The molecule has 0 heterocycles. The highest BCUT2D eigenvalue weighted by Crippen LogP contribution is 2.25. The third-order valence-corrected chi connectivity index (χ3v) is 2.00. The summed E-state index contributed by atoms with van der Waals surface area (Å²) in [7, 11) is 0. The second-order valence-electron chi connectivity index (χ2n) is 2.69. The Labute approximate surface area is 88.3 Å². The second kappa shape index (κ2) is 3.94. The number of carbonyl (C=O) groups is 2. The maximum absolute atomic E-state index is 12.8. The minimum Gasteiger partial charge on any atom is -0.476 e. The molecule has 0 radical (unpaired) electrons. The van der Waals surface area contributed by atoms with Crippen molar-refractivity contribution in [2.45, 2.75) is 5.92 Å². The van der Waals surface area contributed by atoms with Gasteiger partial charge in [-0.1, -0.05) is 23.7 Å². The van der Waals surface area contributed by atoms with Crippen LogP contribution in [0.15, 0.2) is 24.3 Å². The summed E-state index contributed by atoms with van der Waals surface area (Å²) in [6.07, 6.45) is 0. The zero-order valence-corrected chi connectivity index (χ0v) is 7.96. The molecule has 0 spiro atoms. The third kappa shape index (κ3) is 2.12. The Hall–Kier alpha value is -1.49. The second-order valence-corrected chi connectivity index (χ2v) is 3.10. The summed E-state index contributed by atoms with van der Waals surface area (Å²) >= 11 is 5.48. The average molecular weight is 235 g/mol. The number of aliphatic carboxylic acids is 1. The molecule has 0 aliphatic rings. The number of benzene rings is 1. The van der Waals surface area contributed by atoms with E-state index in [2.05, 4.69) is 0 Å². The normalized spacial score (nSPS) is 11.1. The topological polar surface area (TPSA) is 54.4 Å². The molecule has 1 rings (SSSR count). The number of hydrogen-bond acceptors (Lipinski definition) is 2. The van der Waals surface area contributed by atoms with Gasteiger partial charge in [0.2, 0.25) is 5.78 Å². The number of halogens is 3. The van der Waals surface area contributed by atoms with Crippen LogP contribution >= 0.6 is 11.6 Å². The van der Waals surface area contributed by atoms with Gasteiger partial charge in [-0.3, -0.25) is 4.79 Å². The summed E-state index contributed by atoms with van der Waals surface area (Å²) in [6, 6.07) is 5.03. The van der Waals surface area contributed by atoms with Gasteiger partial charge < -0.3 is 5.11 Å². The van der Waals surface area contributed by atoms with Gasteiger partial charge in [-0.25, -0.2) is 4.79 Å². The number of alkyl halides is 2. The fourth-order valence-electron chi connectivity index (χ4n) is 0.912. The maximum Gasteiger partial charge on any atom is 0.404 e. The van der Waals surface area contributed by atoms with E-state index in [-0.39, 0.29) is 5.02 Å². The number of Topliss-reactive ketones (excluding diaryl/α,β-unsaturated/α-hetero) is 1. The van der Waals surface area contributed by atoms with Gasteiger partial charge in [-0.05, 0) is 12.1 Å². The van der Waals surface area contributed by atoms with E-state index in [4.69, 9.17) is 16.7 Å². The summed E-state index contributed by atoms with van der Waals surface area (Å²) in [5, 5.41) is 7.94. The summed E-state index contributed by atoms with van der Waals surface area (Å²) < 4.78 is 25.6. The Morgan fingerprint density at radius 3 is 2.27 bits per heavy atom. The molecule has 0 unspecified atom stereocenters. The van der Waals surface area contributed by atoms with Crippen LogP contribution in [-0.2, 0) is 4.79 Å². The first-order chi connectivity index (χ1) is 6.87. The van der Waals surface area contributed by atoms with Crippen molar-refractivity contribution in [1.82, 2.24) is 0 Å². The lowest BCUT2D eigenvalue weighted by Crippen LogP contribution is -2.37. The van der Waals surface area contributed by atoms with Crippen molar-refractivity contribution < 1.29 is 23.5 Å². The number of carboxylic acids is 1. The van der Waals surface area contributed by atoms with Crippen LogP contribution in [0.4, 0.5) is 8.78 Å². The summed E-state index contributed by atoms with van der Waals surface area (Å²) in [5.74, 6) is -8.77. The number of carbonyl (C=O) groups excluding carboxylic acids is 1. The predicted molar refractivity (Wildman–Crippen MR) is 48.4 cm³/mol. The molecule has 0 bridgehead atoms. The van der Waals surface area contributed by atoms with Gasteiger partial charge in [0.15, 0.2) is 0 Å². The Morgan fingerprint density at radius 1 is 1.27 bits per heavy atom. The van der Waals surface area contributed by atoms with Crippen molar-refractivity contribution in [2.24, 2.45) is 0 Å². The van der Waals surface area contributed by atoms with Crippen LogP contribution in [0.2, 0.25) is 5.02 Å². The maximum atomic E-state index is 12.8. The number of rotatable bonds is 3. The van der Waals surface area contributed by atoms with Crippen LogP contribution in [0.1, 0.15) is 10.4 Å². The van der Waals surface area contributed by atoms with Crippen LogP contribution in [0.5, 0.6) is 0 Å². The van der Waals surface area contributed by atoms with Gasteiger partial charge in [0.05, 0.1) is 5.02 Å². The average Bonchev–Trinajstić information content (AvgIpc) is 2.17. The van der Waals surface area contributed by atoms with E-state index in [9.17, 15) is 18.4 Å². The van der Waals surface area contributed by atoms with Gasteiger partial charge >= 0.3 is 11.9 Å². The van der Waals surface area contributed by atoms with E-state index < -0.39 is 23.2 Å². The van der Waals surface area contributed by atoms with Crippen molar-refractivity contribution in [3.63, 3.8) is 0 Å². The van der Waals surface area contributed by atoms with E-state index in [0.717, 1.165) is 6.07 Å². The van der Waals surface area contributed by atoms with Crippen molar-refractivity contribution in [2.75, 3.05) is 0 Å². The van der Waals surface area contributed by atoms with Crippen LogP contribution in [0.25, 0.3) is 0 Å². The quantitative estimate of drug-likeness (QED) is 0.645. The summed E-state index contributed by atoms with van der Waals surface area (Å²) in [4.78, 5) is 21.2. The fraction of sp³-hybridized carbons (Fsp3) is 0.111. The Bertz CT molecular complexity index is 418. The van der Waals surface area contributed by atoms with Gasteiger partial charge in [0.25, 0.3) is 0 Å². The molecule has 6 heteroatoms. The minimum absolute atomic E-state index is 0.205. The van der Waals surface area contributed by atoms with E-state index in [1.54, 1.807) is 0 Å². The summed E-state index contributed by atoms with van der Waals surface area (Å²) in [5.41, 5.74) is -0.508. The standard InChI is InChI=1S/C9H5ClF2O3/c10-6-4-2-1-3-5(6)7(13)9(11,12)8(14)15/h1-4H,(H,14,15). The van der Waals surface area contributed by atoms with Crippen LogP contribution in [-0.4, -0.2) is 22.8 Å². The smallest absolute Gasteiger partial charge is 0.404 e. The predicted octanol–water partition coefficient (Wildman–Crippen LogP) is 2.24. The zero-order chi connectivity index (χ0) is 11.6. The van der Waals surface area contributed by atoms with Crippen LogP contribution in [0, 0.1) is 0 Å². The highest BCUT2D eigenvalue weighted by atomic mass is 35.5. The SMILES string of the molecule is O=C(O)C(F)(F)C(=O)c1ccccc1Cl. The lowest BCUT2D eigenvalue weighted by Gasteiger charge is -2.10. The van der Waals surface area contributed by atoms with Crippen molar-refractivity contribution in [1.29, 1.82) is 0 Å². The van der Waals surface area contributed by atoms with Crippen LogP contribution in [0.3, 0.4) is 0 Å². The molecule has 0 aromatic heterocycles. The molecule has 1 aromatic carbocycles. The molecule has 15 heavy (non-hydrogen) atoms. The van der Waals surface area contributed by atoms with Gasteiger partial charge in [-0.2, -0.15) is 8.78 Å². The third-order valence-electron chi connectivity index (χ3n) is 1.67. The minimum atomic E-state index is -4.45. The number of hydrogen-bond donors (Lipinski definition) is 1. The van der Waals surface area contributed by atoms with E-state index >= 15 is 0 Å². The zero-order valence-electron chi connectivity index (χ0n) is 7.21. The molecule has 0 saturated carbocycles. The Kier molecular flexibility index (Phi) is 3.04. The van der Waals surface area contributed by atoms with E-state index in [0.29, 0.717) is 0 Å². The lowest BCUT2D eigenvalue weighted by atomic mass is 10.1. The highest BCUT2D eigenvalue weighted by molar-refractivity contribution is 6.35. The molecule has 1 aromatic rings. The first-order valence-corrected chi connectivity index (χ1v) is 4.15. The number of ketones is 1. The Balaban J connectivity index is 3.16. The molecule has 3 nitrogen and oxygen atoms in total.